The molecule has 1 aromatic heterocycles. The Morgan fingerprint density at radius 3 is 2.29 bits per heavy atom. The largest absolute Gasteiger partial charge is 0.494 e. The number of hydrogen-bond donors (Lipinski definition) is 0. The molecule has 0 unspecified atom stereocenters. The first-order valence-corrected chi connectivity index (χ1v) is 9.16. The summed E-state index contributed by atoms with van der Waals surface area (Å²) in [7, 11) is -0.327. The van der Waals surface area contributed by atoms with Crippen LogP contribution in [0.2, 0.25) is 0 Å². The molecule has 2 heterocycles. The molecule has 1 aliphatic heterocycles. The average Bonchev–Trinajstić information content (AvgIpc) is 2.95. The fourth-order valence-corrected chi connectivity index (χ4v) is 4.17. The van der Waals surface area contributed by atoms with E-state index in [1.54, 1.807) is 11.3 Å². The van der Waals surface area contributed by atoms with Crippen molar-refractivity contribution in [2.75, 3.05) is 0 Å². The molecule has 0 aliphatic carbocycles. The minimum Gasteiger partial charge on any atom is -0.399 e. The van der Waals surface area contributed by atoms with Crippen molar-refractivity contribution in [2.45, 2.75) is 52.7 Å². The van der Waals surface area contributed by atoms with E-state index in [1.807, 2.05) is 0 Å². The number of benzene rings is 2. The van der Waals surface area contributed by atoms with Crippen molar-refractivity contribution < 1.29 is 9.31 Å². The predicted molar refractivity (Wildman–Crippen MR) is 102 cm³/mol. The summed E-state index contributed by atoms with van der Waals surface area (Å²) in [4.78, 5) is 4.71. The maximum Gasteiger partial charge on any atom is 0.494 e. The molecule has 1 fully saturated rings. The molecule has 3 nitrogen and oxygen atoms in total. The lowest BCUT2D eigenvalue weighted by Gasteiger charge is -2.32. The van der Waals surface area contributed by atoms with E-state index >= 15 is 0 Å². The molecule has 0 atom stereocenters. The topological polar surface area (TPSA) is 31.4 Å². The smallest absolute Gasteiger partial charge is 0.399 e. The highest BCUT2D eigenvalue weighted by atomic mass is 32.1. The minimum atomic E-state index is -0.327. The van der Waals surface area contributed by atoms with Gasteiger partial charge in [0, 0.05) is 5.39 Å². The monoisotopic (exact) mass is 339 g/mol. The van der Waals surface area contributed by atoms with Crippen molar-refractivity contribution in [3.05, 3.63) is 34.8 Å². The van der Waals surface area contributed by atoms with Gasteiger partial charge >= 0.3 is 7.12 Å². The van der Waals surface area contributed by atoms with E-state index in [4.69, 9.17) is 14.3 Å². The third-order valence-corrected chi connectivity index (χ3v) is 6.27. The highest BCUT2D eigenvalue weighted by Gasteiger charge is 2.51. The summed E-state index contributed by atoms with van der Waals surface area (Å²) in [6.45, 7) is 12.6. The maximum absolute atomic E-state index is 6.19. The van der Waals surface area contributed by atoms with Crippen LogP contribution >= 0.6 is 11.3 Å². The third-order valence-electron chi connectivity index (χ3n) is 5.36. The van der Waals surface area contributed by atoms with E-state index in [0.717, 1.165) is 16.0 Å². The van der Waals surface area contributed by atoms with Crippen LogP contribution in [-0.2, 0) is 9.31 Å². The number of thiazole rings is 1. The molecule has 0 amide bonds. The van der Waals surface area contributed by atoms with E-state index in [9.17, 15) is 0 Å². The number of nitrogens with zero attached hydrogens (tertiary/aromatic N) is 1. The van der Waals surface area contributed by atoms with Crippen molar-refractivity contribution in [3.8, 4) is 0 Å². The SMILES string of the molecule is Cc1nc2c(cc(C)c3cc(B4OC(C)(C)C(C)(C)O4)ccc32)s1. The van der Waals surface area contributed by atoms with Crippen LogP contribution in [0.5, 0.6) is 0 Å². The molecular weight excluding hydrogens is 317 g/mol. The Bertz CT molecular complexity index is 945. The summed E-state index contributed by atoms with van der Waals surface area (Å²) in [5.41, 5.74) is 2.78. The molecule has 0 radical (unpaired) electrons. The standard InChI is InChI=1S/C19H22BNO2S/c1-11-9-16-17(21-12(2)24-16)14-8-7-13(10-15(11)14)20-22-18(3,4)19(5,6)23-20/h7-10H,1-6H3. The highest BCUT2D eigenvalue weighted by Crippen LogP contribution is 2.37. The van der Waals surface area contributed by atoms with Gasteiger partial charge in [0.1, 0.15) is 0 Å². The van der Waals surface area contributed by atoms with Gasteiger partial charge in [-0.05, 0) is 64.0 Å². The summed E-state index contributed by atoms with van der Waals surface area (Å²) < 4.78 is 13.6. The lowest BCUT2D eigenvalue weighted by Crippen LogP contribution is -2.41. The van der Waals surface area contributed by atoms with Crippen LogP contribution in [0.15, 0.2) is 24.3 Å². The molecule has 0 N–H and O–H groups in total. The summed E-state index contributed by atoms with van der Waals surface area (Å²) in [6, 6.07) is 8.69. The lowest BCUT2D eigenvalue weighted by atomic mass is 9.78. The van der Waals surface area contributed by atoms with Crippen molar-refractivity contribution in [3.63, 3.8) is 0 Å². The second-order valence-electron chi connectivity index (χ2n) is 7.67. The average molecular weight is 339 g/mol. The second-order valence-corrected chi connectivity index (χ2v) is 8.90. The highest BCUT2D eigenvalue weighted by molar-refractivity contribution is 7.18. The number of fused-ring (bicyclic) bond motifs is 3. The fourth-order valence-electron chi connectivity index (χ4n) is 3.23. The van der Waals surface area contributed by atoms with Crippen molar-refractivity contribution >= 4 is 44.9 Å². The van der Waals surface area contributed by atoms with Gasteiger partial charge in [-0.15, -0.1) is 11.3 Å². The van der Waals surface area contributed by atoms with Crippen LogP contribution < -0.4 is 5.46 Å². The number of hydrogen-bond acceptors (Lipinski definition) is 4. The van der Waals surface area contributed by atoms with Gasteiger partial charge in [-0.25, -0.2) is 4.98 Å². The third kappa shape index (κ3) is 2.30. The van der Waals surface area contributed by atoms with Crippen LogP contribution in [0.1, 0.15) is 38.3 Å². The van der Waals surface area contributed by atoms with E-state index < -0.39 is 0 Å². The van der Waals surface area contributed by atoms with Gasteiger partial charge in [0.05, 0.1) is 26.4 Å². The molecule has 2 aromatic carbocycles. The first kappa shape index (κ1) is 16.1. The molecule has 1 saturated heterocycles. The summed E-state index contributed by atoms with van der Waals surface area (Å²) >= 11 is 1.75. The van der Waals surface area contributed by atoms with Gasteiger partial charge in [0.2, 0.25) is 0 Å². The molecule has 5 heteroatoms. The quantitative estimate of drug-likeness (QED) is 0.617. The first-order valence-electron chi connectivity index (χ1n) is 8.34. The van der Waals surface area contributed by atoms with Gasteiger partial charge in [-0.2, -0.15) is 0 Å². The lowest BCUT2D eigenvalue weighted by molar-refractivity contribution is 0.00578. The van der Waals surface area contributed by atoms with Gasteiger partial charge < -0.3 is 9.31 Å². The summed E-state index contributed by atoms with van der Waals surface area (Å²) in [5, 5.41) is 3.53. The predicted octanol–water partition coefficient (Wildman–Crippen LogP) is 4.37. The van der Waals surface area contributed by atoms with Crippen LogP contribution in [0.25, 0.3) is 21.0 Å². The van der Waals surface area contributed by atoms with E-state index in [2.05, 4.69) is 65.8 Å². The molecule has 0 saturated carbocycles. The maximum atomic E-state index is 6.19. The molecule has 0 spiro atoms. The Kier molecular flexibility index (Phi) is 3.37. The normalized spacial score (nSPS) is 19.5. The van der Waals surface area contributed by atoms with Gasteiger partial charge in [-0.1, -0.05) is 18.2 Å². The zero-order valence-corrected chi connectivity index (χ0v) is 15.9. The van der Waals surface area contributed by atoms with Gasteiger partial charge in [-0.3, -0.25) is 0 Å². The Labute approximate surface area is 147 Å². The molecule has 0 bridgehead atoms. The van der Waals surface area contributed by atoms with Crippen LogP contribution in [0.3, 0.4) is 0 Å². The van der Waals surface area contributed by atoms with Crippen LogP contribution in [0, 0.1) is 13.8 Å². The number of aryl methyl sites for hydroxylation is 2. The molecule has 3 aromatic rings. The molecular formula is C19H22BNO2S. The number of rotatable bonds is 1. The second kappa shape index (κ2) is 5.04. The molecule has 4 rings (SSSR count). The minimum absolute atomic E-state index is 0.322. The molecule has 124 valence electrons. The van der Waals surface area contributed by atoms with Crippen molar-refractivity contribution in [2.24, 2.45) is 0 Å². The van der Waals surface area contributed by atoms with Crippen molar-refractivity contribution in [1.29, 1.82) is 0 Å². The molecule has 24 heavy (non-hydrogen) atoms. The Hall–Kier alpha value is -1.43. The first-order chi connectivity index (χ1) is 11.2. The zero-order valence-electron chi connectivity index (χ0n) is 15.1. The fraction of sp³-hybridized carbons (Fsp3) is 0.421. The summed E-state index contributed by atoms with van der Waals surface area (Å²) in [6.07, 6.45) is 0. The molecule has 1 aliphatic rings. The van der Waals surface area contributed by atoms with Gasteiger partial charge in [0.25, 0.3) is 0 Å². The van der Waals surface area contributed by atoms with Crippen LogP contribution in [-0.4, -0.2) is 23.3 Å². The Morgan fingerprint density at radius 1 is 0.958 bits per heavy atom. The van der Waals surface area contributed by atoms with E-state index in [0.29, 0.717) is 0 Å². The van der Waals surface area contributed by atoms with Crippen LogP contribution in [0.4, 0.5) is 0 Å². The zero-order chi connectivity index (χ0) is 17.3. The Morgan fingerprint density at radius 2 is 1.62 bits per heavy atom. The van der Waals surface area contributed by atoms with Crippen molar-refractivity contribution in [1.82, 2.24) is 4.98 Å². The Balaban J connectivity index is 1.85. The van der Waals surface area contributed by atoms with E-state index in [1.165, 1.54) is 21.0 Å². The van der Waals surface area contributed by atoms with E-state index in [-0.39, 0.29) is 18.3 Å². The summed E-state index contributed by atoms with van der Waals surface area (Å²) in [5.74, 6) is 0. The number of aromatic nitrogens is 1. The van der Waals surface area contributed by atoms with Gasteiger partial charge in [0.15, 0.2) is 0 Å².